The summed E-state index contributed by atoms with van der Waals surface area (Å²) in [4.78, 5) is 23.8. The van der Waals surface area contributed by atoms with E-state index >= 15 is 0 Å². The Morgan fingerprint density at radius 1 is 1.03 bits per heavy atom. The van der Waals surface area contributed by atoms with Gasteiger partial charge in [0.25, 0.3) is 0 Å². The maximum absolute atomic E-state index is 12.9. The highest BCUT2D eigenvalue weighted by molar-refractivity contribution is 7.16. The predicted octanol–water partition coefficient (Wildman–Crippen LogP) is 5.26. The maximum atomic E-state index is 12.9. The van der Waals surface area contributed by atoms with Gasteiger partial charge in [-0.05, 0) is 30.1 Å². The van der Waals surface area contributed by atoms with Gasteiger partial charge in [0.1, 0.15) is 10.7 Å². The van der Waals surface area contributed by atoms with E-state index in [1.54, 1.807) is 11.3 Å². The summed E-state index contributed by atoms with van der Waals surface area (Å²) in [5.74, 6) is 0.160. The number of carbonyl (C=O) groups is 1. The topological polar surface area (TPSA) is 36.4 Å². The molecule has 0 radical (unpaired) electrons. The second kappa shape index (κ2) is 7.83. The van der Waals surface area contributed by atoms with Gasteiger partial charge in [-0.25, -0.2) is 4.98 Å². The average molecular weight is 428 g/mol. The van der Waals surface area contributed by atoms with Gasteiger partial charge in [-0.15, -0.1) is 11.3 Å². The van der Waals surface area contributed by atoms with Crippen molar-refractivity contribution in [1.82, 2.24) is 14.8 Å². The van der Waals surface area contributed by atoms with Crippen LogP contribution in [0.3, 0.4) is 0 Å². The Morgan fingerprint density at radius 2 is 1.81 bits per heavy atom. The summed E-state index contributed by atoms with van der Waals surface area (Å²) in [6.45, 7) is 3.01. The number of benzene rings is 2. The molecule has 6 rings (SSSR count). The van der Waals surface area contributed by atoms with Gasteiger partial charge >= 0.3 is 0 Å². The number of piperidine rings is 1. The standard InChI is InChI=1S/C26H25N3OS/c30-22-14-18(15-23-24(22)27-26(31-23)20-10-5-2-6-11-20)16-29-17-28-13-7-12-21(29)25(28)19-8-3-1-4-9-19/h1-6,8-11,15,21,25H,7,12-14,16-17H2. The van der Waals surface area contributed by atoms with Crippen LogP contribution in [0.25, 0.3) is 16.6 Å². The Kier molecular flexibility index (Phi) is 4.82. The molecule has 3 unspecified atom stereocenters. The third-order valence-corrected chi connectivity index (χ3v) is 7.80. The highest BCUT2D eigenvalue weighted by Gasteiger charge is 2.43. The normalized spacial score (nSPS) is 25.4. The number of nitrogens with zero attached hydrogens (tertiary/aromatic N) is 3. The van der Waals surface area contributed by atoms with Crippen LogP contribution in [-0.4, -0.2) is 46.4 Å². The van der Waals surface area contributed by atoms with Crippen LogP contribution in [0, 0.1) is 0 Å². The van der Waals surface area contributed by atoms with Crippen molar-refractivity contribution in [2.75, 3.05) is 19.8 Å². The molecule has 1 aromatic heterocycles. The van der Waals surface area contributed by atoms with Gasteiger partial charge in [0, 0.05) is 31.1 Å². The van der Waals surface area contributed by atoms with Crippen LogP contribution < -0.4 is 0 Å². The van der Waals surface area contributed by atoms with Gasteiger partial charge in [0.2, 0.25) is 0 Å². The van der Waals surface area contributed by atoms with Crippen molar-refractivity contribution in [3.63, 3.8) is 0 Å². The molecule has 1 aliphatic carbocycles. The molecule has 156 valence electrons. The van der Waals surface area contributed by atoms with E-state index in [0.717, 1.165) is 35.2 Å². The maximum Gasteiger partial charge on any atom is 0.186 e. The van der Waals surface area contributed by atoms with Crippen molar-refractivity contribution in [2.24, 2.45) is 0 Å². The van der Waals surface area contributed by atoms with Crippen molar-refractivity contribution in [3.8, 4) is 10.6 Å². The molecule has 4 nitrogen and oxygen atoms in total. The Labute approximate surface area is 186 Å². The van der Waals surface area contributed by atoms with Crippen molar-refractivity contribution in [1.29, 1.82) is 0 Å². The number of hydrogen-bond donors (Lipinski definition) is 0. The van der Waals surface area contributed by atoms with E-state index in [1.807, 2.05) is 18.2 Å². The number of hydrogen-bond acceptors (Lipinski definition) is 5. The van der Waals surface area contributed by atoms with Crippen molar-refractivity contribution in [3.05, 3.63) is 82.4 Å². The summed E-state index contributed by atoms with van der Waals surface area (Å²) in [5.41, 5.74) is 4.37. The molecule has 3 heterocycles. The van der Waals surface area contributed by atoms with Crippen molar-refractivity contribution >= 4 is 23.2 Å². The number of ketones is 1. The van der Waals surface area contributed by atoms with Crippen LogP contribution in [0.1, 0.15) is 46.2 Å². The lowest BCUT2D eigenvalue weighted by Gasteiger charge is -2.33. The zero-order valence-electron chi connectivity index (χ0n) is 17.4. The quantitative estimate of drug-likeness (QED) is 0.569. The Hall–Kier alpha value is -2.60. The first kappa shape index (κ1) is 19.1. The number of aromatic nitrogens is 1. The fourth-order valence-electron chi connectivity index (χ4n) is 5.40. The number of fused-ring (bicyclic) bond motifs is 3. The summed E-state index contributed by atoms with van der Waals surface area (Å²) in [6.07, 6.45) is 5.20. The largest absolute Gasteiger partial charge is 0.292 e. The van der Waals surface area contributed by atoms with E-state index in [-0.39, 0.29) is 5.78 Å². The number of thiazole rings is 1. The molecule has 31 heavy (non-hydrogen) atoms. The Bertz CT molecular complexity index is 1140. The lowest BCUT2D eigenvalue weighted by Crippen LogP contribution is -2.36. The zero-order chi connectivity index (χ0) is 20.8. The molecular formula is C26H25N3OS. The third kappa shape index (κ3) is 3.47. The molecule has 2 aliphatic heterocycles. The molecular weight excluding hydrogens is 402 g/mol. The first-order chi connectivity index (χ1) is 15.3. The summed E-state index contributed by atoms with van der Waals surface area (Å²) < 4.78 is 0. The smallest absolute Gasteiger partial charge is 0.186 e. The molecule has 2 aromatic carbocycles. The van der Waals surface area contributed by atoms with Gasteiger partial charge < -0.3 is 0 Å². The number of rotatable bonds is 4. The second-order valence-corrected chi connectivity index (χ2v) is 9.80. The minimum absolute atomic E-state index is 0.160. The molecule has 3 atom stereocenters. The molecule has 3 aliphatic rings. The minimum atomic E-state index is 0.160. The van der Waals surface area contributed by atoms with E-state index in [2.05, 4.69) is 63.3 Å². The summed E-state index contributed by atoms with van der Waals surface area (Å²) >= 11 is 1.63. The highest BCUT2D eigenvalue weighted by atomic mass is 32.1. The van der Waals surface area contributed by atoms with Crippen LogP contribution in [0.5, 0.6) is 0 Å². The van der Waals surface area contributed by atoms with Crippen LogP contribution in [0.4, 0.5) is 0 Å². The summed E-state index contributed by atoms with van der Waals surface area (Å²) in [6, 6.07) is 22.1. The monoisotopic (exact) mass is 427 g/mol. The van der Waals surface area contributed by atoms with E-state index in [9.17, 15) is 4.79 Å². The number of carbonyl (C=O) groups excluding carboxylic acids is 1. The lowest BCUT2D eigenvalue weighted by molar-refractivity contribution is 0.0984. The SMILES string of the molecule is O=C1CC(CN2CN3CCCC2C3c2ccccc2)=Cc2sc(-c3ccccc3)nc21. The summed E-state index contributed by atoms with van der Waals surface area (Å²) in [5, 5.41) is 0.934. The van der Waals surface area contributed by atoms with Gasteiger partial charge in [-0.1, -0.05) is 60.7 Å². The van der Waals surface area contributed by atoms with E-state index in [0.29, 0.717) is 24.2 Å². The van der Waals surface area contributed by atoms with E-state index < -0.39 is 0 Å². The van der Waals surface area contributed by atoms with Crippen LogP contribution in [0.2, 0.25) is 0 Å². The molecule has 5 heteroatoms. The Balaban J connectivity index is 1.26. The molecule has 0 spiro atoms. The first-order valence-electron chi connectivity index (χ1n) is 11.1. The van der Waals surface area contributed by atoms with Crippen LogP contribution in [0.15, 0.2) is 66.2 Å². The second-order valence-electron chi connectivity index (χ2n) is 8.77. The van der Waals surface area contributed by atoms with Gasteiger partial charge in [-0.3, -0.25) is 14.6 Å². The van der Waals surface area contributed by atoms with E-state index in [4.69, 9.17) is 0 Å². The van der Waals surface area contributed by atoms with Crippen LogP contribution in [-0.2, 0) is 0 Å². The average Bonchev–Trinajstić information content (AvgIpc) is 3.32. The molecule has 0 N–H and O–H groups in total. The summed E-state index contributed by atoms with van der Waals surface area (Å²) in [7, 11) is 0. The molecule has 0 amide bonds. The van der Waals surface area contributed by atoms with Gasteiger partial charge in [-0.2, -0.15) is 0 Å². The third-order valence-electron chi connectivity index (χ3n) is 6.74. The van der Waals surface area contributed by atoms with Gasteiger partial charge in [0.05, 0.1) is 17.6 Å². The minimum Gasteiger partial charge on any atom is -0.292 e. The molecule has 2 bridgehead atoms. The van der Waals surface area contributed by atoms with Crippen LogP contribution >= 0.6 is 11.3 Å². The zero-order valence-corrected chi connectivity index (χ0v) is 18.2. The molecule has 2 fully saturated rings. The fourth-order valence-corrected chi connectivity index (χ4v) is 6.48. The van der Waals surface area contributed by atoms with Gasteiger partial charge in [0.15, 0.2) is 5.78 Å². The molecule has 3 aromatic rings. The predicted molar refractivity (Wildman–Crippen MR) is 125 cm³/mol. The first-order valence-corrected chi connectivity index (χ1v) is 11.9. The van der Waals surface area contributed by atoms with E-state index in [1.165, 1.54) is 24.0 Å². The molecule has 0 saturated carbocycles. The lowest BCUT2D eigenvalue weighted by atomic mass is 9.91. The number of Topliss-reactive ketones (excluding diaryl/α,β-unsaturated/α-hetero) is 1. The highest BCUT2D eigenvalue weighted by Crippen LogP contribution is 2.41. The van der Waals surface area contributed by atoms with Crippen molar-refractivity contribution < 1.29 is 4.79 Å². The Morgan fingerprint density at radius 3 is 2.61 bits per heavy atom. The fraction of sp³-hybridized carbons (Fsp3) is 0.308. The van der Waals surface area contributed by atoms with Crippen molar-refractivity contribution in [2.45, 2.75) is 31.3 Å². The molecule has 2 saturated heterocycles.